The van der Waals surface area contributed by atoms with Crippen molar-refractivity contribution >= 4 is 23.2 Å². The first-order chi connectivity index (χ1) is 17.8. The Morgan fingerprint density at radius 3 is 2.42 bits per heavy atom. The van der Waals surface area contributed by atoms with E-state index in [1.165, 1.54) is 0 Å². The summed E-state index contributed by atoms with van der Waals surface area (Å²) in [6, 6.07) is 0.819. The average molecular weight is 526 g/mol. The molecule has 4 rings (SSSR count). The van der Waals surface area contributed by atoms with Gasteiger partial charge in [-0.3, -0.25) is 14.4 Å². The highest BCUT2D eigenvalue weighted by atomic mass is 16.3. The van der Waals surface area contributed by atoms with Crippen LogP contribution in [0.25, 0.3) is 0 Å². The lowest BCUT2D eigenvalue weighted by Gasteiger charge is -2.53. The zero-order chi connectivity index (χ0) is 28.3. The van der Waals surface area contributed by atoms with Gasteiger partial charge in [-0.1, -0.05) is 18.8 Å². The summed E-state index contributed by atoms with van der Waals surface area (Å²) in [6.07, 6.45) is 0.228. The van der Waals surface area contributed by atoms with Crippen LogP contribution >= 0.6 is 0 Å². The predicted octanol–water partition coefficient (Wildman–Crippen LogP) is 0.503. The molecule has 6 atom stereocenters. The van der Waals surface area contributed by atoms with E-state index < -0.39 is 58.7 Å². The zero-order valence-corrected chi connectivity index (χ0v) is 22.3. The third-order valence-electron chi connectivity index (χ3n) is 8.15. The molecule has 1 amide bonds. The number of anilines is 1. The Hall–Kier alpha value is -3.39. The van der Waals surface area contributed by atoms with Gasteiger partial charge in [-0.25, -0.2) is 0 Å². The van der Waals surface area contributed by atoms with Crippen LogP contribution in [-0.4, -0.2) is 88.7 Å². The number of likely N-dealkylation sites (N-methyl/N-ethyl adjacent to an activating group) is 1. The monoisotopic (exact) mass is 525 g/mol. The van der Waals surface area contributed by atoms with Crippen LogP contribution in [0.4, 0.5) is 5.69 Å². The summed E-state index contributed by atoms with van der Waals surface area (Å²) in [5.74, 6) is -1.67. The van der Waals surface area contributed by atoms with Gasteiger partial charge in [-0.2, -0.15) is 0 Å². The number of ketones is 2. The van der Waals surface area contributed by atoms with Crippen LogP contribution < -0.4 is 10.6 Å². The number of aromatic hydroxyl groups is 1. The maximum atomic E-state index is 13.9. The van der Waals surface area contributed by atoms with Crippen LogP contribution in [0, 0.1) is 29.6 Å². The fourth-order valence-corrected chi connectivity index (χ4v) is 6.43. The molecule has 204 valence electrons. The second-order valence-electron chi connectivity index (χ2n) is 10.9. The van der Waals surface area contributed by atoms with Gasteiger partial charge in [0.05, 0.1) is 17.2 Å². The fourth-order valence-electron chi connectivity index (χ4n) is 6.43. The summed E-state index contributed by atoms with van der Waals surface area (Å²) in [5, 5.41) is 45.3. The summed E-state index contributed by atoms with van der Waals surface area (Å²) in [6.45, 7) is 1.97. The van der Waals surface area contributed by atoms with Crippen LogP contribution in [0.15, 0.2) is 17.4 Å². The van der Waals surface area contributed by atoms with Gasteiger partial charge in [-0.05, 0) is 50.9 Å². The van der Waals surface area contributed by atoms with E-state index in [1.807, 2.05) is 25.9 Å². The first-order valence-corrected chi connectivity index (χ1v) is 12.7. The number of aliphatic hydroxyl groups excluding tert-OH is 2. The Morgan fingerprint density at radius 1 is 1.21 bits per heavy atom. The smallest absolute Gasteiger partial charge is 0.230 e. The molecule has 3 aliphatic carbocycles. The number of hydrogen-bond donors (Lipinski definition) is 5. The Balaban J connectivity index is 1.95. The number of phenolic OH excluding ortho intramolecular Hbond substituents is 1. The van der Waals surface area contributed by atoms with Gasteiger partial charge in [0.1, 0.15) is 17.4 Å². The number of carbonyl (C=O) groups excluding carboxylic acids is 3. The van der Waals surface area contributed by atoms with E-state index in [9.17, 15) is 34.8 Å². The second-order valence-corrected chi connectivity index (χ2v) is 10.9. The highest BCUT2D eigenvalue weighted by molar-refractivity contribution is 6.16. The minimum atomic E-state index is -2.61. The highest BCUT2D eigenvalue weighted by Gasteiger charge is 2.66. The van der Waals surface area contributed by atoms with E-state index in [4.69, 9.17) is 5.73 Å². The summed E-state index contributed by atoms with van der Waals surface area (Å²) < 4.78 is 0. The molecule has 1 aromatic rings. The van der Waals surface area contributed by atoms with Crippen LogP contribution in [-0.2, 0) is 16.0 Å². The number of fused-ring (bicyclic) bond motifs is 3. The topological polar surface area (TPSA) is 165 Å². The van der Waals surface area contributed by atoms with Crippen LogP contribution in [0.5, 0.6) is 5.75 Å². The lowest BCUT2D eigenvalue weighted by atomic mass is 9.56. The first kappa shape index (κ1) is 27.6. The number of unbranched alkanes of at least 4 members (excludes halogenated alkanes) is 1. The molecule has 0 bridgehead atoms. The number of Topliss-reactive ketones (excluding diaryl/α,β-unsaturated/α-hetero) is 2. The molecule has 6 N–H and O–H groups in total. The highest BCUT2D eigenvalue weighted by Crippen LogP contribution is 2.53. The Kier molecular flexibility index (Phi) is 7.08. The van der Waals surface area contributed by atoms with Crippen molar-refractivity contribution in [3.8, 4) is 17.6 Å². The number of nitrogens with zero attached hydrogens (tertiary/aromatic N) is 2. The second kappa shape index (κ2) is 9.73. The van der Waals surface area contributed by atoms with Crippen molar-refractivity contribution in [2.45, 2.75) is 50.4 Å². The van der Waals surface area contributed by atoms with Crippen LogP contribution in [0.3, 0.4) is 0 Å². The Labute approximate surface area is 221 Å². The average Bonchev–Trinajstić information content (AvgIpc) is 2.82. The third-order valence-corrected chi connectivity index (χ3v) is 8.15. The molecule has 2 unspecified atom stereocenters. The number of amides is 1. The molecule has 10 heteroatoms. The van der Waals surface area contributed by atoms with Crippen molar-refractivity contribution in [3.63, 3.8) is 0 Å². The van der Waals surface area contributed by atoms with Gasteiger partial charge < -0.3 is 36.0 Å². The van der Waals surface area contributed by atoms with Crippen molar-refractivity contribution in [1.29, 1.82) is 0 Å². The molecule has 10 nitrogen and oxygen atoms in total. The van der Waals surface area contributed by atoms with Gasteiger partial charge >= 0.3 is 0 Å². The van der Waals surface area contributed by atoms with E-state index >= 15 is 0 Å². The van der Waals surface area contributed by atoms with Crippen LogP contribution in [0.2, 0.25) is 0 Å². The van der Waals surface area contributed by atoms with Crippen LogP contribution in [0.1, 0.15) is 47.7 Å². The number of carbonyl (C=O) groups is 3. The number of allylic oxidation sites excluding steroid dienone is 1. The van der Waals surface area contributed by atoms with Crippen molar-refractivity contribution in [2.24, 2.45) is 23.5 Å². The van der Waals surface area contributed by atoms with Crippen molar-refractivity contribution in [2.75, 3.05) is 33.1 Å². The van der Waals surface area contributed by atoms with E-state index in [0.29, 0.717) is 17.7 Å². The number of primary amides is 1. The summed E-state index contributed by atoms with van der Waals surface area (Å²) in [4.78, 5) is 42.9. The largest absolute Gasteiger partial charge is 0.508 e. The van der Waals surface area contributed by atoms with Gasteiger partial charge in [0.2, 0.25) is 5.91 Å². The van der Waals surface area contributed by atoms with Crippen molar-refractivity contribution in [3.05, 3.63) is 34.1 Å². The van der Waals surface area contributed by atoms with Crippen molar-refractivity contribution < 1.29 is 34.8 Å². The van der Waals surface area contributed by atoms with Crippen molar-refractivity contribution in [1.82, 2.24) is 4.90 Å². The number of benzene rings is 1. The standard InChI is InChI=1S/C28H35N3O7/c1-6-7-8-9-13-12-17(30(2)3)15-10-14-11-16-21(31(4)5)24(34)20(27(29)37)26(36)28(16,38)25(35)18(14)23(33)19(15)22(13)32/h12,14,16,20-21,24,32,34-35,38H,6-7,10-11H2,1-5H3,(H2,29,37)/t14-,16-,20?,21-,24?,28-/m0/s1. The molecule has 0 aliphatic heterocycles. The lowest BCUT2D eigenvalue weighted by Crippen LogP contribution is -2.71. The molecule has 0 aromatic heterocycles. The number of rotatable bonds is 4. The van der Waals surface area contributed by atoms with E-state index in [0.717, 1.165) is 6.42 Å². The normalized spacial score (nSPS) is 30.3. The quantitative estimate of drug-likeness (QED) is 0.278. The van der Waals surface area contributed by atoms with E-state index in [-0.39, 0.29) is 35.3 Å². The number of aliphatic hydroxyl groups is 3. The van der Waals surface area contributed by atoms with E-state index in [1.54, 1.807) is 25.1 Å². The molecular formula is C28H35N3O7. The molecule has 0 saturated heterocycles. The third kappa shape index (κ3) is 3.88. The zero-order valence-electron chi connectivity index (χ0n) is 22.3. The summed E-state index contributed by atoms with van der Waals surface area (Å²) in [5.41, 5.74) is 4.13. The van der Waals surface area contributed by atoms with Gasteiger partial charge in [0.25, 0.3) is 0 Å². The molecule has 0 radical (unpaired) electrons. The summed E-state index contributed by atoms with van der Waals surface area (Å²) >= 11 is 0. The molecular weight excluding hydrogens is 490 g/mol. The minimum absolute atomic E-state index is 0.0317. The molecule has 3 aliphatic rings. The SMILES string of the molecule is CCCC#Cc1cc(N(C)C)c2c(c1O)C(=O)C1=C(O)[C@]3(O)C(=O)C(C(N)=O)C(O)[C@@H](N(C)C)[C@@H]3C[C@@H]1C2. The Morgan fingerprint density at radius 2 is 1.87 bits per heavy atom. The maximum Gasteiger partial charge on any atom is 0.230 e. The minimum Gasteiger partial charge on any atom is -0.508 e. The first-order valence-electron chi connectivity index (χ1n) is 12.7. The maximum absolute atomic E-state index is 13.9. The summed E-state index contributed by atoms with van der Waals surface area (Å²) in [7, 11) is 6.88. The van der Waals surface area contributed by atoms with Gasteiger partial charge in [0.15, 0.2) is 17.2 Å². The molecule has 0 spiro atoms. The Bertz CT molecular complexity index is 1310. The number of nitrogens with two attached hydrogens (primary N) is 1. The number of phenols is 1. The van der Waals surface area contributed by atoms with Gasteiger partial charge in [-0.15, -0.1) is 0 Å². The van der Waals surface area contributed by atoms with E-state index in [2.05, 4.69) is 11.8 Å². The number of hydrogen-bond acceptors (Lipinski definition) is 9. The predicted molar refractivity (Wildman–Crippen MR) is 140 cm³/mol. The fraction of sp³-hybridized carbons (Fsp3) is 0.536. The molecule has 38 heavy (non-hydrogen) atoms. The molecule has 1 aromatic carbocycles. The van der Waals surface area contributed by atoms with Gasteiger partial charge in [0, 0.05) is 43.7 Å². The molecule has 1 fully saturated rings. The molecule has 1 saturated carbocycles. The molecule has 0 heterocycles. The lowest BCUT2D eigenvalue weighted by molar-refractivity contribution is -0.178.